The molecule has 128 valence electrons. The van der Waals surface area contributed by atoms with Gasteiger partial charge >= 0.3 is 5.69 Å². The van der Waals surface area contributed by atoms with E-state index in [2.05, 4.69) is 5.32 Å². The molecule has 0 aliphatic heterocycles. The van der Waals surface area contributed by atoms with E-state index in [9.17, 15) is 14.9 Å². The summed E-state index contributed by atoms with van der Waals surface area (Å²) >= 11 is 1.57. The molecule has 1 aromatic carbocycles. The average molecular weight is 348 g/mol. The Labute approximate surface area is 144 Å². The summed E-state index contributed by atoms with van der Waals surface area (Å²) in [6.07, 6.45) is 0. The monoisotopic (exact) mass is 348 g/mol. The predicted molar refractivity (Wildman–Crippen MR) is 93.6 cm³/mol. The fraction of sp³-hybridized carbons (Fsp3) is 0.353. The van der Waals surface area contributed by atoms with Crippen LogP contribution in [0.25, 0.3) is 0 Å². The van der Waals surface area contributed by atoms with Crippen LogP contribution in [0.4, 0.5) is 5.69 Å². The number of rotatable bonds is 7. The van der Waals surface area contributed by atoms with Crippen molar-refractivity contribution in [3.8, 4) is 5.75 Å². The van der Waals surface area contributed by atoms with Crippen molar-refractivity contribution in [3.63, 3.8) is 0 Å². The van der Waals surface area contributed by atoms with Crippen LogP contribution in [0.3, 0.4) is 0 Å². The van der Waals surface area contributed by atoms with Gasteiger partial charge < -0.3 is 10.1 Å². The van der Waals surface area contributed by atoms with Crippen molar-refractivity contribution in [2.75, 3.05) is 6.61 Å². The minimum absolute atomic E-state index is 0.136. The molecule has 0 radical (unpaired) electrons. The number of nitrogens with zero attached hydrogens (tertiary/aromatic N) is 1. The third kappa shape index (κ3) is 4.11. The minimum atomic E-state index is -0.541. The molecule has 0 saturated carbocycles. The lowest BCUT2D eigenvalue weighted by atomic mass is 10.0. The Balaban J connectivity index is 2.25. The number of hydrogen-bond acceptors (Lipinski definition) is 5. The van der Waals surface area contributed by atoms with Crippen LogP contribution in [0.1, 0.15) is 42.0 Å². The van der Waals surface area contributed by atoms with Crippen LogP contribution in [-0.2, 0) is 0 Å². The molecule has 0 bridgehead atoms. The fourth-order valence-corrected chi connectivity index (χ4v) is 3.29. The smallest absolute Gasteiger partial charge is 0.311 e. The van der Waals surface area contributed by atoms with Gasteiger partial charge in [-0.3, -0.25) is 14.9 Å². The maximum atomic E-state index is 12.5. The predicted octanol–water partition coefficient (Wildman–Crippen LogP) is 4.18. The van der Waals surface area contributed by atoms with Crippen LogP contribution >= 0.6 is 11.3 Å². The summed E-state index contributed by atoms with van der Waals surface area (Å²) in [7, 11) is 0. The quantitative estimate of drug-likeness (QED) is 0.601. The van der Waals surface area contributed by atoms with E-state index in [1.165, 1.54) is 12.1 Å². The van der Waals surface area contributed by atoms with Gasteiger partial charge in [0.2, 0.25) is 0 Å². The normalized spacial score (nSPS) is 12.0. The van der Waals surface area contributed by atoms with Gasteiger partial charge in [-0.05, 0) is 36.4 Å². The largest absolute Gasteiger partial charge is 0.487 e. The van der Waals surface area contributed by atoms with Gasteiger partial charge in [0.1, 0.15) is 0 Å². The molecule has 1 atom stereocenters. The van der Waals surface area contributed by atoms with Crippen molar-refractivity contribution >= 4 is 22.9 Å². The highest BCUT2D eigenvalue weighted by Gasteiger charge is 2.23. The first-order valence-corrected chi connectivity index (χ1v) is 8.57. The molecule has 0 saturated heterocycles. The van der Waals surface area contributed by atoms with Gasteiger partial charge in [0.15, 0.2) is 5.75 Å². The summed E-state index contributed by atoms with van der Waals surface area (Å²) in [6.45, 7) is 6.11. The van der Waals surface area contributed by atoms with Crippen LogP contribution in [0.15, 0.2) is 35.7 Å². The molecule has 0 unspecified atom stereocenters. The van der Waals surface area contributed by atoms with E-state index in [1.54, 1.807) is 24.3 Å². The number of amides is 1. The summed E-state index contributed by atoms with van der Waals surface area (Å²) in [5.41, 5.74) is 0.0362. The third-order valence-electron chi connectivity index (χ3n) is 3.52. The molecular formula is C17H20N2O4S. The minimum Gasteiger partial charge on any atom is -0.487 e. The highest BCUT2D eigenvalue weighted by atomic mass is 32.1. The van der Waals surface area contributed by atoms with E-state index < -0.39 is 4.92 Å². The van der Waals surface area contributed by atoms with Gasteiger partial charge in [0, 0.05) is 16.5 Å². The summed E-state index contributed by atoms with van der Waals surface area (Å²) in [5, 5.41) is 16.1. The molecule has 0 aliphatic carbocycles. The van der Waals surface area contributed by atoms with E-state index in [0.717, 1.165) is 4.88 Å². The molecule has 1 N–H and O–H groups in total. The Kier molecular flexibility index (Phi) is 5.92. The number of carbonyl (C=O) groups excluding carboxylic acids is 1. The first-order valence-electron chi connectivity index (χ1n) is 7.69. The van der Waals surface area contributed by atoms with Crippen LogP contribution in [0.5, 0.6) is 5.75 Å². The number of carbonyl (C=O) groups is 1. The van der Waals surface area contributed by atoms with Crippen molar-refractivity contribution < 1.29 is 14.5 Å². The molecule has 0 fully saturated rings. The van der Waals surface area contributed by atoms with Crippen LogP contribution < -0.4 is 10.1 Å². The van der Waals surface area contributed by atoms with E-state index in [0.29, 0.717) is 6.61 Å². The molecule has 24 heavy (non-hydrogen) atoms. The average Bonchev–Trinajstić information content (AvgIpc) is 3.06. The molecule has 2 rings (SSSR count). The second-order valence-corrected chi connectivity index (χ2v) is 6.56. The highest BCUT2D eigenvalue weighted by Crippen LogP contribution is 2.29. The Morgan fingerprint density at radius 2 is 2.12 bits per heavy atom. The maximum Gasteiger partial charge on any atom is 0.311 e. The zero-order chi connectivity index (χ0) is 17.7. The Hall–Kier alpha value is -2.41. The molecule has 1 amide bonds. The van der Waals surface area contributed by atoms with Crippen LogP contribution in [-0.4, -0.2) is 17.4 Å². The van der Waals surface area contributed by atoms with Gasteiger partial charge in [-0.1, -0.05) is 19.9 Å². The second kappa shape index (κ2) is 7.92. The number of nitrogens with one attached hydrogen (secondary N) is 1. The van der Waals surface area contributed by atoms with Crippen LogP contribution in [0, 0.1) is 16.0 Å². The SMILES string of the molecule is CCOc1ccc(C(=O)N[C@@H](c2cccs2)C(C)C)cc1[N+](=O)[O-]. The number of benzene rings is 1. The molecular weight excluding hydrogens is 328 g/mol. The van der Waals surface area contributed by atoms with Gasteiger partial charge in [-0.25, -0.2) is 0 Å². The number of hydrogen-bond donors (Lipinski definition) is 1. The summed E-state index contributed by atoms with van der Waals surface area (Å²) < 4.78 is 5.24. The van der Waals surface area contributed by atoms with Crippen molar-refractivity contribution in [1.82, 2.24) is 5.32 Å². The molecule has 1 heterocycles. The van der Waals surface area contributed by atoms with Crippen LogP contribution in [0.2, 0.25) is 0 Å². The zero-order valence-electron chi connectivity index (χ0n) is 13.8. The third-order valence-corrected chi connectivity index (χ3v) is 4.48. The highest BCUT2D eigenvalue weighted by molar-refractivity contribution is 7.10. The topological polar surface area (TPSA) is 81.5 Å². The number of nitro groups is 1. The number of nitro benzene ring substituents is 1. The van der Waals surface area contributed by atoms with Gasteiger partial charge in [-0.15, -0.1) is 11.3 Å². The second-order valence-electron chi connectivity index (χ2n) is 5.58. The molecule has 7 heteroatoms. The molecule has 2 aromatic rings. The van der Waals surface area contributed by atoms with Crippen molar-refractivity contribution in [3.05, 3.63) is 56.3 Å². The van der Waals surface area contributed by atoms with Gasteiger partial charge in [0.05, 0.1) is 17.6 Å². The Morgan fingerprint density at radius 1 is 1.38 bits per heavy atom. The van der Waals surface area contributed by atoms with Gasteiger partial charge in [0.25, 0.3) is 5.91 Å². The first-order chi connectivity index (χ1) is 11.4. The summed E-state index contributed by atoms with van der Waals surface area (Å²) in [6, 6.07) is 8.03. The first kappa shape index (κ1) is 17.9. The van der Waals surface area contributed by atoms with E-state index in [-0.39, 0.29) is 34.9 Å². The fourth-order valence-electron chi connectivity index (χ4n) is 2.34. The molecule has 1 aromatic heterocycles. The zero-order valence-corrected chi connectivity index (χ0v) is 14.6. The lowest BCUT2D eigenvalue weighted by Crippen LogP contribution is -2.31. The lowest BCUT2D eigenvalue weighted by molar-refractivity contribution is -0.385. The van der Waals surface area contributed by atoms with Crippen molar-refractivity contribution in [2.45, 2.75) is 26.8 Å². The molecule has 0 aliphatic rings. The molecule has 6 nitrogen and oxygen atoms in total. The lowest BCUT2D eigenvalue weighted by Gasteiger charge is -2.21. The standard InChI is InChI=1S/C17H20N2O4S/c1-4-23-14-8-7-12(10-13(14)19(21)22)17(20)18-16(11(2)3)15-6-5-9-24-15/h5-11,16H,4H2,1-3H3,(H,18,20)/t16-/m1/s1. The van der Waals surface area contributed by atoms with E-state index in [1.807, 2.05) is 31.4 Å². The van der Waals surface area contributed by atoms with Crippen molar-refractivity contribution in [1.29, 1.82) is 0 Å². The Morgan fingerprint density at radius 3 is 2.67 bits per heavy atom. The van der Waals surface area contributed by atoms with E-state index >= 15 is 0 Å². The molecule has 0 spiro atoms. The van der Waals surface area contributed by atoms with Crippen molar-refractivity contribution in [2.24, 2.45) is 5.92 Å². The summed E-state index contributed by atoms with van der Waals surface area (Å²) in [4.78, 5) is 24.2. The summed E-state index contributed by atoms with van der Waals surface area (Å²) in [5.74, 6) is 0.0243. The van der Waals surface area contributed by atoms with E-state index in [4.69, 9.17) is 4.74 Å². The number of thiophene rings is 1. The maximum absolute atomic E-state index is 12.5. The number of ether oxygens (including phenoxy) is 1. The van der Waals surface area contributed by atoms with Gasteiger partial charge in [-0.2, -0.15) is 0 Å². The Bertz CT molecular complexity index is 713.